The van der Waals surface area contributed by atoms with Crippen LogP contribution >= 0.6 is 0 Å². The number of rotatable bonds is 6. The Morgan fingerprint density at radius 2 is 1.79 bits per heavy atom. The molecule has 0 spiro atoms. The molecule has 0 radical (unpaired) electrons. The van der Waals surface area contributed by atoms with Crippen molar-refractivity contribution in [2.45, 2.75) is 33.1 Å². The number of imide groups is 1. The summed E-state index contributed by atoms with van der Waals surface area (Å²) >= 11 is 0. The van der Waals surface area contributed by atoms with Crippen LogP contribution in [-0.4, -0.2) is 46.8 Å². The highest BCUT2D eigenvalue weighted by Gasteiger charge is 2.30. The van der Waals surface area contributed by atoms with Crippen LogP contribution in [0.2, 0.25) is 0 Å². The van der Waals surface area contributed by atoms with Gasteiger partial charge in [0.2, 0.25) is 17.7 Å². The molecule has 0 atom stereocenters. The highest BCUT2D eigenvalue weighted by Crippen LogP contribution is 2.14. The third-order valence-electron chi connectivity index (χ3n) is 3.02. The lowest BCUT2D eigenvalue weighted by Gasteiger charge is -2.20. The molecule has 0 aromatic rings. The van der Waals surface area contributed by atoms with Crippen molar-refractivity contribution >= 4 is 23.7 Å². The molecule has 1 fully saturated rings. The molecule has 106 valence electrons. The van der Waals surface area contributed by atoms with Gasteiger partial charge < -0.3 is 10.4 Å². The van der Waals surface area contributed by atoms with E-state index in [0.29, 0.717) is 0 Å². The van der Waals surface area contributed by atoms with Gasteiger partial charge in [-0.25, -0.2) is 0 Å². The van der Waals surface area contributed by atoms with Crippen molar-refractivity contribution in [3.05, 3.63) is 0 Å². The predicted molar refractivity (Wildman–Crippen MR) is 65.0 cm³/mol. The van der Waals surface area contributed by atoms with Crippen molar-refractivity contribution in [2.24, 2.45) is 5.41 Å². The molecule has 0 aromatic heterocycles. The van der Waals surface area contributed by atoms with E-state index in [-0.39, 0.29) is 50.1 Å². The first kappa shape index (κ1) is 15.1. The third-order valence-corrected chi connectivity index (χ3v) is 3.02. The summed E-state index contributed by atoms with van der Waals surface area (Å²) in [6.45, 7) is 3.06. The van der Waals surface area contributed by atoms with E-state index in [4.69, 9.17) is 5.11 Å². The standard InChI is InChI=1S/C12H18N2O5/c1-12(2,11(18)19)7-13-8(15)5-6-14-9(16)3-4-10(14)17/h3-7H2,1-2H3,(H,13,15)(H,18,19). The zero-order chi connectivity index (χ0) is 14.6. The van der Waals surface area contributed by atoms with E-state index in [0.717, 1.165) is 4.90 Å². The van der Waals surface area contributed by atoms with Gasteiger partial charge in [0, 0.05) is 32.4 Å². The smallest absolute Gasteiger partial charge is 0.310 e. The molecule has 1 rings (SSSR count). The van der Waals surface area contributed by atoms with E-state index in [9.17, 15) is 19.2 Å². The van der Waals surface area contributed by atoms with Crippen molar-refractivity contribution in [3.63, 3.8) is 0 Å². The van der Waals surface area contributed by atoms with E-state index in [1.807, 2.05) is 0 Å². The van der Waals surface area contributed by atoms with Crippen molar-refractivity contribution in [2.75, 3.05) is 13.1 Å². The maximum atomic E-state index is 11.5. The molecule has 0 aliphatic carbocycles. The first-order valence-electron chi connectivity index (χ1n) is 6.07. The molecule has 0 bridgehead atoms. The zero-order valence-electron chi connectivity index (χ0n) is 11.1. The van der Waals surface area contributed by atoms with Gasteiger partial charge in [0.25, 0.3) is 0 Å². The minimum atomic E-state index is -1.05. The van der Waals surface area contributed by atoms with Crippen LogP contribution in [0.5, 0.6) is 0 Å². The van der Waals surface area contributed by atoms with Gasteiger partial charge in [-0.3, -0.25) is 24.1 Å². The first-order chi connectivity index (χ1) is 8.74. The van der Waals surface area contributed by atoms with E-state index >= 15 is 0 Å². The van der Waals surface area contributed by atoms with Crippen LogP contribution in [0.15, 0.2) is 0 Å². The summed E-state index contributed by atoms with van der Waals surface area (Å²) in [4.78, 5) is 46.0. The fourth-order valence-corrected chi connectivity index (χ4v) is 1.57. The Balaban J connectivity index is 2.34. The summed E-state index contributed by atoms with van der Waals surface area (Å²) in [5.74, 6) is -1.90. The molecular formula is C12H18N2O5. The van der Waals surface area contributed by atoms with E-state index in [2.05, 4.69) is 5.32 Å². The van der Waals surface area contributed by atoms with Crippen LogP contribution in [-0.2, 0) is 19.2 Å². The SMILES string of the molecule is CC(C)(CNC(=O)CCN1C(=O)CCC1=O)C(=O)O. The summed E-state index contributed by atoms with van der Waals surface area (Å²) in [6, 6.07) is 0. The number of hydrogen-bond acceptors (Lipinski definition) is 4. The number of likely N-dealkylation sites (tertiary alicyclic amines) is 1. The van der Waals surface area contributed by atoms with Crippen LogP contribution < -0.4 is 5.32 Å². The van der Waals surface area contributed by atoms with E-state index in [1.165, 1.54) is 13.8 Å². The lowest BCUT2D eigenvalue weighted by Crippen LogP contribution is -2.40. The Morgan fingerprint density at radius 3 is 2.26 bits per heavy atom. The largest absolute Gasteiger partial charge is 0.481 e. The fraction of sp³-hybridized carbons (Fsp3) is 0.667. The maximum Gasteiger partial charge on any atom is 0.310 e. The second kappa shape index (κ2) is 5.81. The summed E-state index contributed by atoms with van der Waals surface area (Å²) < 4.78 is 0. The Labute approximate surface area is 110 Å². The molecule has 0 unspecified atom stereocenters. The van der Waals surface area contributed by atoms with Crippen molar-refractivity contribution < 1.29 is 24.3 Å². The minimum Gasteiger partial charge on any atom is -0.481 e. The van der Waals surface area contributed by atoms with Crippen molar-refractivity contribution in [3.8, 4) is 0 Å². The van der Waals surface area contributed by atoms with Gasteiger partial charge >= 0.3 is 5.97 Å². The number of carboxylic acid groups (broad SMARTS) is 1. The second-order valence-electron chi connectivity index (χ2n) is 5.15. The third kappa shape index (κ3) is 4.04. The number of nitrogens with zero attached hydrogens (tertiary/aromatic N) is 1. The topological polar surface area (TPSA) is 104 Å². The zero-order valence-corrected chi connectivity index (χ0v) is 11.1. The van der Waals surface area contributed by atoms with Gasteiger partial charge in [0.15, 0.2) is 0 Å². The quantitative estimate of drug-likeness (QED) is 0.648. The number of nitrogens with one attached hydrogen (secondary N) is 1. The number of amides is 3. The van der Waals surface area contributed by atoms with Crippen LogP contribution in [0.3, 0.4) is 0 Å². The fourth-order valence-electron chi connectivity index (χ4n) is 1.57. The Hall–Kier alpha value is -1.92. The normalized spacial score (nSPS) is 15.8. The lowest BCUT2D eigenvalue weighted by molar-refractivity contribution is -0.146. The molecule has 19 heavy (non-hydrogen) atoms. The maximum absolute atomic E-state index is 11.5. The van der Waals surface area contributed by atoms with Gasteiger partial charge in [0.1, 0.15) is 0 Å². The second-order valence-corrected chi connectivity index (χ2v) is 5.15. The number of aliphatic carboxylic acids is 1. The molecule has 1 aliphatic rings. The van der Waals surface area contributed by atoms with E-state index in [1.54, 1.807) is 0 Å². The summed E-state index contributed by atoms with van der Waals surface area (Å²) in [6.07, 6.45) is 0.395. The molecule has 0 aromatic carbocycles. The van der Waals surface area contributed by atoms with Gasteiger partial charge in [0.05, 0.1) is 5.41 Å². The molecule has 1 aliphatic heterocycles. The van der Waals surface area contributed by atoms with Crippen molar-refractivity contribution in [1.82, 2.24) is 10.2 Å². The van der Waals surface area contributed by atoms with Crippen molar-refractivity contribution in [1.29, 1.82) is 0 Å². The van der Waals surface area contributed by atoms with Crippen LogP contribution in [0, 0.1) is 5.41 Å². The summed E-state index contributed by atoms with van der Waals surface area (Å²) in [5.41, 5.74) is -1.05. The lowest BCUT2D eigenvalue weighted by atomic mass is 9.94. The Bertz CT molecular complexity index is 400. The van der Waals surface area contributed by atoms with Crippen LogP contribution in [0.4, 0.5) is 0 Å². The number of carbonyl (C=O) groups excluding carboxylic acids is 3. The van der Waals surface area contributed by atoms with Crippen LogP contribution in [0.25, 0.3) is 0 Å². The molecular weight excluding hydrogens is 252 g/mol. The van der Waals surface area contributed by atoms with E-state index < -0.39 is 11.4 Å². The molecule has 1 saturated heterocycles. The van der Waals surface area contributed by atoms with Gasteiger partial charge in [-0.1, -0.05) is 0 Å². The molecule has 2 N–H and O–H groups in total. The minimum absolute atomic E-state index is 0.00304. The highest BCUT2D eigenvalue weighted by molar-refractivity contribution is 6.02. The Morgan fingerprint density at radius 1 is 1.26 bits per heavy atom. The average Bonchev–Trinajstić information content (AvgIpc) is 2.64. The van der Waals surface area contributed by atoms with Crippen LogP contribution in [0.1, 0.15) is 33.1 Å². The molecule has 7 heteroatoms. The number of hydrogen-bond donors (Lipinski definition) is 2. The summed E-state index contributed by atoms with van der Waals surface area (Å²) in [5, 5.41) is 11.4. The average molecular weight is 270 g/mol. The van der Waals surface area contributed by atoms with Gasteiger partial charge in [-0.05, 0) is 13.8 Å². The first-order valence-corrected chi connectivity index (χ1v) is 6.07. The molecule has 0 saturated carbocycles. The van der Waals surface area contributed by atoms with Gasteiger partial charge in [-0.2, -0.15) is 0 Å². The number of carbonyl (C=O) groups is 4. The predicted octanol–water partition coefficient (Wildman–Crippen LogP) is -0.247. The number of carboxylic acids is 1. The van der Waals surface area contributed by atoms with Gasteiger partial charge in [-0.15, -0.1) is 0 Å². The molecule has 3 amide bonds. The highest BCUT2D eigenvalue weighted by atomic mass is 16.4. The Kier molecular flexibility index (Phi) is 4.63. The monoisotopic (exact) mass is 270 g/mol. The molecule has 7 nitrogen and oxygen atoms in total. The molecule has 1 heterocycles. The summed E-state index contributed by atoms with van der Waals surface area (Å²) in [7, 11) is 0.